The molecule has 0 radical (unpaired) electrons. The minimum absolute atomic E-state index is 0.0758. The number of oxime groups is 1. The Balaban J connectivity index is 1.63. The van der Waals surface area contributed by atoms with E-state index in [1.54, 1.807) is 20.3 Å². The Morgan fingerprint density at radius 1 is 1.21 bits per heavy atom. The van der Waals surface area contributed by atoms with Crippen molar-refractivity contribution in [2.45, 2.75) is 50.7 Å². The molecule has 1 atom stereocenters. The van der Waals surface area contributed by atoms with Crippen molar-refractivity contribution in [2.24, 2.45) is 5.16 Å². The SMILES string of the molecule is COc1ccc(C2=NO[C@@H](C(=O)NC3CCCCC3)C2)c(OC)c1. The Morgan fingerprint density at radius 3 is 2.71 bits per heavy atom. The molecule has 3 rings (SSSR count). The molecule has 130 valence electrons. The van der Waals surface area contributed by atoms with Crippen molar-refractivity contribution in [2.75, 3.05) is 14.2 Å². The summed E-state index contributed by atoms with van der Waals surface area (Å²) in [5, 5.41) is 7.19. The van der Waals surface area contributed by atoms with Gasteiger partial charge in [-0.15, -0.1) is 0 Å². The highest BCUT2D eigenvalue weighted by atomic mass is 16.6. The van der Waals surface area contributed by atoms with E-state index in [4.69, 9.17) is 14.3 Å². The molecule has 1 fully saturated rings. The van der Waals surface area contributed by atoms with Crippen LogP contribution >= 0.6 is 0 Å². The predicted octanol–water partition coefficient (Wildman–Crippen LogP) is 2.65. The highest BCUT2D eigenvalue weighted by Gasteiger charge is 2.31. The first-order chi connectivity index (χ1) is 11.7. The number of nitrogens with zero attached hydrogens (tertiary/aromatic N) is 1. The van der Waals surface area contributed by atoms with Crippen molar-refractivity contribution >= 4 is 11.6 Å². The molecule has 1 aromatic rings. The first kappa shape index (κ1) is 16.6. The van der Waals surface area contributed by atoms with Gasteiger partial charge >= 0.3 is 0 Å². The molecular weight excluding hydrogens is 308 g/mol. The first-order valence-electron chi connectivity index (χ1n) is 8.46. The summed E-state index contributed by atoms with van der Waals surface area (Å²) >= 11 is 0. The van der Waals surface area contributed by atoms with Crippen LogP contribution in [0.5, 0.6) is 11.5 Å². The number of methoxy groups -OCH3 is 2. The third-order valence-electron chi connectivity index (χ3n) is 4.63. The molecule has 1 N–H and O–H groups in total. The zero-order valence-electron chi connectivity index (χ0n) is 14.2. The molecule has 0 spiro atoms. The number of carbonyl (C=O) groups is 1. The summed E-state index contributed by atoms with van der Waals surface area (Å²) in [6.07, 6.45) is 5.62. The van der Waals surface area contributed by atoms with E-state index in [1.807, 2.05) is 12.1 Å². The summed E-state index contributed by atoms with van der Waals surface area (Å²) in [5.74, 6) is 1.29. The molecule has 1 saturated carbocycles. The molecular formula is C18H24N2O4. The quantitative estimate of drug-likeness (QED) is 0.900. The van der Waals surface area contributed by atoms with Gasteiger partial charge in [-0.25, -0.2) is 0 Å². The van der Waals surface area contributed by atoms with Crippen LogP contribution in [0.15, 0.2) is 23.4 Å². The molecule has 1 aromatic carbocycles. The van der Waals surface area contributed by atoms with E-state index >= 15 is 0 Å². The highest BCUT2D eigenvalue weighted by molar-refractivity contribution is 6.06. The van der Waals surface area contributed by atoms with Gasteiger partial charge in [-0.2, -0.15) is 0 Å². The average molecular weight is 332 g/mol. The van der Waals surface area contributed by atoms with Gasteiger partial charge < -0.3 is 19.6 Å². The van der Waals surface area contributed by atoms with E-state index in [9.17, 15) is 4.79 Å². The van der Waals surface area contributed by atoms with Crippen molar-refractivity contribution in [3.8, 4) is 11.5 Å². The number of amides is 1. The van der Waals surface area contributed by atoms with Crippen LogP contribution in [0.25, 0.3) is 0 Å². The molecule has 1 amide bonds. The second-order valence-corrected chi connectivity index (χ2v) is 6.25. The minimum atomic E-state index is -0.561. The topological polar surface area (TPSA) is 69.2 Å². The number of carbonyl (C=O) groups excluding carboxylic acids is 1. The summed E-state index contributed by atoms with van der Waals surface area (Å²) < 4.78 is 10.6. The zero-order chi connectivity index (χ0) is 16.9. The highest BCUT2D eigenvalue weighted by Crippen LogP contribution is 2.29. The fourth-order valence-corrected chi connectivity index (χ4v) is 3.26. The first-order valence-corrected chi connectivity index (χ1v) is 8.46. The van der Waals surface area contributed by atoms with Crippen molar-refractivity contribution < 1.29 is 19.1 Å². The molecule has 0 unspecified atom stereocenters. The molecule has 0 bridgehead atoms. The molecule has 0 saturated heterocycles. The summed E-state index contributed by atoms with van der Waals surface area (Å²) in [7, 11) is 3.21. The minimum Gasteiger partial charge on any atom is -0.497 e. The summed E-state index contributed by atoms with van der Waals surface area (Å²) in [5.41, 5.74) is 1.55. The van der Waals surface area contributed by atoms with Crippen LogP contribution < -0.4 is 14.8 Å². The number of nitrogens with one attached hydrogen (secondary N) is 1. The summed E-state index contributed by atoms with van der Waals surface area (Å²) in [6, 6.07) is 5.79. The van der Waals surface area contributed by atoms with Crippen molar-refractivity contribution in [1.29, 1.82) is 0 Å². The Labute approximate surface area is 142 Å². The average Bonchev–Trinajstić information content (AvgIpc) is 3.12. The predicted molar refractivity (Wildman–Crippen MR) is 90.6 cm³/mol. The Morgan fingerprint density at radius 2 is 2.00 bits per heavy atom. The van der Waals surface area contributed by atoms with Gasteiger partial charge in [0, 0.05) is 24.1 Å². The van der Waals surface area contributed by atoms with Crippen LogP contribution in [-0.2, 0) is 9.63 Å². The normalized spacial score (nSPS) is 20.9. The number of hydrogen-bond acceptors (Lipinski definition) is 5. The van der Waals surface area contributed by atoms with Crippen molar-refractivity contribution in [1.82, 2.24) is 5.32 Å². The molecule has 2 aliphatic rings. The van der Waals surface area contributed by atoms with Crippen molar-refractivity contribution in [3.05, 3.63) is 23.8 Å². The van der Waals surface area contributed by atoms with E-state index < -0.39 is 6.10 Å². The van der Waals surface area contributed by atoms with Crippen LogP contribution in [0.1, 0.15) is 44.1 Å². The summed E-state index contributed by atoms with van der Waals surface area (Å²) in [4.78, 5) is 17.8. The smallest absolute Gasteiger partial charge is 0.264 e. The standard InChI is InChI=1S/C18H24N2O4/c1-22-13-8-9-14(16(10-13)23-2)15-11-17(24-20-15)18(21)19-12-6-4-3-5-7-12/h8-10,12,17H,3-7,11H2,1-2H3,(H,19,21)/t17-/m1/s1. The van der Waals surface area contributed by atoms with Gasteiger partial charge in [0.25, 0.3) is 5.91 Å². The molecule has 6 heteroatoms. The van der Waals surface area contributed by atoms with Crippen LogP contribution in [0.4, 0.5) is 0 Å². The summed E-state index contributed by atoms with van der Waals surface area (Å²) in [6.45, 7) is 0. The van der Waals surface area contributed by atoms with Gasteiger partial charge in [0.1, 0.15) is 11.5 Å². The molecule has 1 aliphatic heterocycles. The van der Waals surface area contributed by atoms with E-state index in [0.717, 1.165) is 24.1 Å². The second-order valence-electron chi connectivity index (χ2n) is 6.25. The fraction of sp³-hybridized carbons (Fsp3) is 0.556. The van der Waals surface area contributed by atoms with Crippen LogP contribution in [0.2, 0.25) is 0 Å². The molecule has 1 aliphatic carbocycles. The van der Waals surface area contributed by atoms with Crippen molar-refractivity contribution in [3.63, 3.8) is 0 Å². The lowest BCUT2D eigenvalue weighted by molar-refractivity contribution is -0.132. The Hall–Kier alpha value is -2.24. The number of hydrogen-bond donors (Lipinski definition) is 1. The Bertz CT molecular complexity index is 623. The van der Waals surface area contributed by atoms with Gasteiger partial charge in [0.15, 0.2) is 0 Å². The van der Waals surface area contributed by atoms with Crippen LogP contribution in [-0.4, -0.2) is 38.0 Å². The lowest BCUT2D eigenvalue weighted by atomic mass is 9.95. The van der Waals surface area contributed by atoms with E-state index in [1.165, 1.54) is 19.3 Å². The van der Waals surface area contributed by atoms with Gasteiger partial charge in [-0.3, -0.25) is 4.79 Å². The second kappa shape index (κ2) is 7.55. The van der Waals surface area contributed by atoms with Gasteiger partial charge in [0.2, 0.25) is 6.10 Å². The maximum atomic E-state index is 12.4. The molecule has 24 heavy (non-hydrogen) atoms. The van der Waals surface area contributed by atoms with Gasteiger partial charge in [-0.1, -0.05) is 24.4 Å². The van der Waals surface area contributed by atoms with Crippen LogP contribution in [0.3, 0.4) is 0 Å². The molecule has 0 aromatic heterocycles. The maximum Gasteiger partial charge on any atom is 0.264 e. The lowest BCUT2D eigenvalue weighted by Crippen LogP contribution is -2.42. The number of benzene rings is 1. The van der Waals surface area contributed by atoms with E-state index in [-0.39, 0.29) is 11.9 Å². The van der Waals surface area contributed by atoms with Crippen LogP contribution in [0, 0.1) is 0 Å². The molecule has 1 heterocycles. The lowest BCUT2D eigenvalue weighted by Gasteiger charge is -2.23. The van der Waals surface area contributed by atoms with E-state index in [0.29, 0.717) is 17.9 Å². The third kappa shape index (κ3) is 3.63. The van der Waals surface area contributed by atoms with E-state index in [2.05, 4.69) is 10.5 Å². The number of rotatable bonds is 5. The monoisotopic (exact) mass is 332 g/mol. The van der Waals surface area contributed by atoms with Gasteiger partial charge in [-0.05, 0) is 25.0 Å². The third-order valence-corrected chi connectivity index (χ3v) is 4.63. The van der Waals surface area contributed by atoms with Gasteiger partial charge in [0.05, 0.1) is 19.9 Å². The largest absolute Gasteiger partial charge is 0.497 e. The zero-order valence-corrected chi connectivity index (χ0v) is 14.2. The molecule has 6 nitrogen and oxygen atoms in total. The maximum absolute atomic E-state index is 12.4. The number of ether oxygens (including phenoxy) is 2. The fourth-order valence-electron chi connectivity index (χ4n) is 3.26. The Kier molecular flexibility index (Phi) is 5.23.